The first kappa shape index (κ1) is 10.9. The zero-order valence-corrected chi connectivity index (χ0v) is 8.52. The summed E-state index contributed by atoms with van der Waals surface area (Å²) in [6.45, 7) is 3.67. The lowest BCUT2D eigenvalue weighted by Crippen LogP contribution is -1.89. The Morgan fingerprint density at radius 1 is 1.33 bits per heavy atom. The Balaban J connectivity index is 3.16. The van der Waals surface area contributed by atoms with Crippen LogP contribution >= 0.6 is 0 Å². The van der Waals surface area contributed by atoms with Gasteiger partial charge in [0.2, 0.25) is 0 Å². The average Bonchev–Trinajstić information content (AvgIpc) is 2.19. The van der Waals surface area contributed by atoms with E-state index in [0.717, 1.165) is 5.57 Å². The second-order valence-electron chi connectivity index (χ2n) is 3.29. The van der Waals surface area contributed by atoms with E-state index in [1.807, 2.05) is 13.8 Å². The van der Waals surface area contributed by atoms with Crippen molar-refractivity contribution in [1.29, 1.82) is 5.26 Å². The first-order valence-corrected chi connectivity index (χ1v) is 4.38. The highest BCUT2D eigenvalue weighted by atomic mass is 16.6. The van der Waals surface area contributed by atoms with Gasteiger partial charge in [-0.05, 0) is 31.5 Å². The lowest BCUT2D eigenvalue weighted by molar-refractivity contribution is -0.384. The molecule has 0 saturated heterocycles. The van der Waals surface area contributed by atoms with Crippen molar-refractivity contribution in [2.75, 3.05) is 0 Å². The van der Waals surface area contributed by atoms with Crippen LogP contribution in [0.2, 0.25) is 0 Å². The largest absolute Gasteiger partial charge is 0.269 e. The smallest absolute Gasteiger partial charge is 0.258 e. The molecule has 15 heavy (non-hydrogen) atoms. The minimum atomic E-state index is -0.460. The molecule has 4 nitrogen and oxygen atoms in total. The summed E-state index contributed by atoms with van der Waals surface area (Å²) in [5, 5.41) is 19.3. The van der Waals surface area contributed by atoms with Crippen LogP contribution in [0.5, 0.6) is 0 Å². The standard InChI is InChI=1S/C11H10N2O2/c1-8(2)11(7-12)9-3-5-10(6-4-9)13(14)15/h3-6H,1-2H3. The van der Waals surface area contributed by atoms with Crippen LogP contribution in [0, 0.1) is 21.4 Å². The normalized spacial score (nSPS) is 9.13. The van der Waals surface area contributed by atoms with Crippen molar-refractivity contribution in [3.63, 3.8) is 0 Å². The number of nitro benzene ring substituents is 1. The average molecular weight is 202 g/mol. The number of nitro groups is 1. The molecule has 4 heteroatoms. The van der Waals surface area contributed by atoms with Crippen LogP contribution in [-0.2, 0) is 0 Å². The summed E-state index contributed by atoms with van der Waals surface area (Å²) in [5.41, 5.74) is 2.20. The molecular formula is C11H10N2O2. The van der Waals surface area contributed by atoms with E-state index in [-0.39, 0.29) is 5.69 Å². The van der Waals surface area contributed by atoms with E-state index in [2.05, 4.69) is 6.07 Å². The third-order valence-corrected chi connectivity index (χ3v) is 1.98. The van der Waals surface area contributed by atoms with E-state index in [0.29, 0.717) is 11.1 Å². The molecule has 1 aromatic rings. The molecule has 0 heterocycles. The fraction of sp³-hybridized carbons (Fsp3) is 0.182. The fourth-order valence-corrected chi connectivity index (χ4v) is 1.21. The number of nitriles is 1. The second kappa shape index (κ2) is 4.38. The maximum Gasteiger partial charge on any atom is 0.269 e. The fourth-order valence-electron chi connectivity index (χ4n) is 1.21. The number of allylic oxidation sites excluding steroid dienone is 2. The molecule has 0 fully saturated rings. The summed E-state index contributed by atoms with van der Waals surface area (Å²) in [6.07, 6.45) is 0. The van der Waals surface area contributed by atoms with Gasteiger partial charge in [-0.25, -0.2) is 0 Å². The third-order valence-electron chi connectivity index (χ3n) is 1.98. The molecule has 0 atom stereocenters. The summed E-state index contributed by atoms with van der Waals surface area (Å²) >= 11 is 0. The minimum Gasteiger partial charge on any atom is -0.258 e. The van der Waals surface area contributed by atoms with Gasteiger partial charge in [-0.2, -0.15) is 5.26 Å². The Bertz CT molecular complexity index is 448. The van der Waals surface area contributed by atoms with Gasteiger partial charge in [0.25, 0.3) is 5.69 Å². The van der Waals surface area contributed by atoms with Gasteiger partial charge in [0.1, 0.15) is 0 Å². The molecule has 0 aliphatic heterocycles. The maximum atomic E-state index is 10.4. The van der Waals surface area contributed by atoms with Crippen LogP contribution in [0.4, 0.5) is 5.69 Å². The Labute approximate surface area is 87.6 Å². The van der Waals surface area contributed by atoms with Crippen molar-refractivity contribution in [3.8, 4) is 6.07 Å². The van der Waals surface area contributed by atoms with Crippen LogP contribution in [0.3, 0.4) is 0 Å². The Hall–Kier alpha value is -2.15. The molecule has 0 aliphatic rings. The predicted octanol–water partition coefficient (Wildman–Crippen LogP) is 2.91. The third kappa shape index (κ3) is 2.41. The van der Waals surface area contributed by atoms with Crippen molar-refractivity contribution >= 4 is 11.3 Å². The molecule has 0 amide bonds. The Kier molecular flexibility index (Phi) is 3.19. The van der Waals surface area contributed by atoms with Crippen molar-refractivity contribution in [1.82, 2.24) is 0 Å². The van der Waals surface area contributed by atoms with Crippen molar-refractivity contribution in [2.45, 2.75) is 13.8 Å². The van der Waals surface area contributed by atoms with Gasteiger partial charge in [-0.1, -0.05) is 5.57 Å². The van der Waals surface area contributed by atoms with Gasteiger partial charge in [0.05, 0.1) is 16.6 Å². The lowest BCUT2D eigenvalue weighted by atomic mass is 10.0. The highest BCUT2D eigenvalue weighted by Gasteiger charge is 2.07. The molecule has 0 N–H and O–H groups in total. The van der Waals surface area contributed by atoms with Gasteiger partial charge >= 0.3 is 0 Å². The Morgan fingerprint density at radius 3 is 2.20 bits per heavy atom. The maximum absolute atomic E-state index is 10.4. The topological polar surface area (TPSA) is 66.9 Å². The second-order valence-corrected chi connectivity index (χ2v) is 3.29. The lowest BCUT2D eigenvalue weighted by Gasteiger charge is -2.00. The first-order chi connectivity index (χ1) is 7.06. The van der Waals surface area contributed by atoms with E-state index in [4.69, 9.17) is 5.26 Å². The minimum absolute atomic E-state index is 0.0322. The van der Waals surface area contributed by atoms with Crippen LogP contribution in [-0.4, -0.2) is 4.92 Å². The Morgan fingerprint density at radius 2 is 1.87 bits per heavy atom. The molecule has 0 radical (unpaired) electrons. The molecule has 0 saturated carbocycles. The number of non-ortho nitro benzene ring substituents is 1. The highest BCUT2D eigenvalue weighted by molar-refractivity contribution is 5.79. The summed E-state index contributed by atoms with van der Waals surface area (Å²) in [4.78, 5) is 9.95. The van der Waals surface area contributed by atoms with Gasteiger partial charge in [-0.3, -0.25) is 10.1 Å². The summed E-state index contributed by atoms with van der Waals surface area (Å²) < 4.78 is 0. The molecule has 0 unspecified atom stereocenters. The number of rotatable bonds is 2. The molecule has 1 rings (SSSR count). The van der Waals surface area contributed by atoms with Crippen LogP contribution in [0.25, 0.3) is 5.57 Å². The molecule has 0 aliphatic carbocycles. The van der Waals surface area contributed by atoms with E-state index in [1.54, 1.807) is 12.1 Å². The van der Waals surface area contributed by atoms with Crippen LogP contribution < -0.4 is 0 Å². The summed E-state index contributed by atoms with van der Waals surface area (Å²) in [6, 6.07) is 8.05. The molecule has 0 bridgehead atoms. The van der Waals surface area contributed by atoms with Gasteiger partial charge in [0.15, 0.2) is 0 Å². The summed E-state index contributed by atoms with van der Waals surface area (Å²) in [5.74, 6) is 0. The first-order valence-electron chi connectivity index (χ1n) is 4.38. The predicted molar refractivity (Wildman–Crippen MR) is 57.0 cm³/mol. The number of nitrogens with zero attached hydrogens (tertiary/aromatic N) is 2. The van der Waals surface area contributed by atoms with Crippen molar-refractivity contribution in [2.24, 2.45) is 0 Å². The zero-order chi connectivity index (χ0) is 11.4. The molecule has 0 spiro atoms. The van der Waals surface area contributed by atoms with E-state index >= 15 is 0 Å². The number of hydrogen-bond donors (Lipinski definition) is 0. The van der Waals surface area contributed by atoms with Gasteiger partial charge in [-0.15, -0.1) is 0 Å². The van der Waals surface area contributed by atoms with Crippen LogP contribution in [0.15, 0.2) is 29.8 Å². The van der Waals surface area contributed by atoms with Crippen molar-refractivity contribution < 1.29 is 4.92 Å². The highest BCUT2D eigenvalue weighted by Crippen LogP contribution is 2.20. The molecular weight excluding hydrogens is 192 g/mol. The zero-order valence-electron chi connectivity index (χ0n) is 8.52. The van der Waals surface area contributed by atoms with Gasteiger partial charge in [0, 0.05) is 12.1 Å². The molecule has 0 aromatic heterocycles. The van der Waals surface area contributed by atoms with Crippen LogP contribution in [0.1, 0.15) is 19.4 Å². The van der Waals surface area contributed by atoms with E-state index < -0.39 is 4.92 Å². The van der Waals surface area contributed by atoms with E-state index in [1.165, 1.54) is 12.1 Å². The monoisotopic (exact) mass is 202 g/mol. The van der Waals surface area contributed by atoms with Gasteiger partial charge < -0.3 is 0 Å². The summed E-state index contributed by atoms with van der Waals surface area (Å²) in [7, 11) is 0. The SMILES string of the molecule is CC(C)=C(C#N)c1ccc([N+](=O)[O-])cc1. The molecule has 1 aromatic carbocycles. The van der Waals surface area contributed by atoms with E-state index in [9.17, 15) is 10.1 Å². The quantitative estimate of drug-likeness (QED) is 0.420. The number of benzene rings is 1. The van der Waals surface area contributed by atoms with Crippen molar-refractivity contribution in [3.05, 3.63) is 45.5 Å². The molecule has 76 valence electrons. The number of hydrogen-bond acceptors (Lipinski definition) is 3.